The minimum atomic E-state index is -0.656. The molecular formula is C16H25N3O2. The standard InChI is InChI=1S/C16H25N3O2/c1-10-14(20)17-16(2,11-3-4-11)15(21)19(10)13-7-8-18(9-13)12-5-6-12/h10-13H,3-9H2,1-2H3,(H,17,20). The molecule has 2 saturated heterocycles. The van der Waals surface area contributed by atoms with Crippen LogP contribution >= 0.6 is 0 Å². The van der Waals surface area contributed by atoms with Crippen molar-refractivity contribution < 1.29 is 9.59 Å². The summed E-state index contributed by atoms with van der Waals surface area (Å²) in [6, 6.07) is 0.638. The van der Waals surface area contributed by atoms with Crippen molar-refractivity contribution in [3.8, 4) is 0 Å². The van der Waals surface area contributed by atoms with Crippen molar-refractivity contribution in [2.24, 2.45) is 5.92 Å². The fraction of sp³-hybridized carbons (Fsp3) is 0.875. The van der Waals surface area contributed by atoms with Crippen LogP contribution < -0.4 is 5.32 Å². The zero-order chi connectivity index (χ0) is 14.8. The molecule has 4 fully saturated rings. The Morgan fingerprint density at radius 2 is 1.81 bits per heavy atom. The number of hydrogen-bond acceptors (Lipinski definition) is 3. The van der Waals surface area contributed by atoms with Gasteiger partial charge in [-0.05, 0) is 51.9 Å². The maximum atomic E-state index is 13.1. The normalized spacial score (nSPS) is 41.5. The number of piperazine rings is 1. The first-order valence-corrected chi connectivity index (χ1v) is 8.39. The van der Waals surface area contributed by atoms with E-state index in [1.165, 1.54) is 12.8 Å². The molecule has 3 atom stereocenters. The first-order chi connectivity index (χ1) is 10.0. The second kappa shape index (κ2) is 4.45. The summed E-state index contributed by atoms with van der Waals surface area (Å²) in [5.41, 5.74) is -0.656. The first-order valence-electron chi connectivity index (χ1n) is 8.39. The van der Waals surface area contributed by atoms with E-state index in [0.717, 1.165) is 38.4 Å². The second-order valence-electron chi connectivity index (χ2n) is 7.52. The molecule has 2 aliphatic heterocycles. The molecule has 5 heteroatoms. The zero-order valence-corrected chi connectivity index (χ0v) is 13.0. The van der Waals surface area contributed by atoms with Gasteiger partial charge in [-0.1, -0.05) is 0 Å². The van der Waals surface area contributed by atoms with E-state index in [2.05, 4.69) is 10.2 Å². The van der Waals surface area contributed by atoms with Crippen molar-refractivity contribution in [2.75, 3.05) is 13.1 Å². The van der Waals surface area contributed by atoms with Crippen LogP contribution in [0.4, 0.5) is 0 Å². The van der Waals surface area contributed by atoms with Crippen LogP contribution in [-0.4, -0.2) is 58.4 Å². The second-order valence-corrected chi connectivity index (χ2v) is 7.52. The molecule has 2 aliphatic carbocycles. The average molecular weight is 291 g/mol. The van der Waals surface area contributed by atoms with Gasteiger partial charge in [0.15, 0.2) is 0 Å². The quantitative estimate of drug-likeness (QED) is 0.834. The molecule has 2 heterocycles. The largest absolute Gasteiger partial charge is 0.340 e. The smallest absolute Gasteiger partial charge is 0.249 e. The van der Waals surface area contributed by atoms with Gasteiger partial charge in [-0.15, -0.1) is 0 Å². The molecule has 0 bridgehead atoms. The molecule has 0 aromatic carbocycles. The molecule has 21 heavy (non-hydrogen) atoms. The monoisotopic (exact) mass is 291 g/mol. The van der Waals surface area contributed by atoms with Gasteiger partial charge in [0, 0.05) is 25.2 Å². The Kier molecular flexibility index (Phi) is 2.87. The van der Waals surface area contributed by atoms with Gasteiger partial charge < -0.3 is 10.2 Å². The SMILES string of the molecule is CC1C(=O)NC(C)(C2CC2)C(=O)N1C1CCN(C2CC2)C1. The van der Waals surface area contributed by atoms with E-state index in [0.29, 0.717) is 5.92 Å². The summed E-state index contributed by atoms with van der Waals surface area (Å²) in [5.74, 6) is 0.513. The van der Waals surface area contributed by atoms with Gasteiger partial charge >= 0.3 is 0 Å². The van der Waals surface area contributed by atoms with Crippen LogP contribution in [0, 0.1) is 5.92 Å². The number of carbonyl (C=O) groups is 2. The lowest BCUT2D eigenvalue weighted by Gasteiger charge is -2.46. The Bertz CT molecular complexity index is 486. The van der Waals surface area contributed by atoms with E-state index >= 15 is 0 Å². The Balaban J connectivity index is 1.56. The fourth-order valence-electron chi connectivity index (χ4n) is 4.17. The molecule has 116 valence electrons. The highest BCUT2D eigenvalue weighted by Crippen LogP contribution is 2.43. The van der Waals surface area contributed by atoms with Crippen LogP contribution in [0.5, 0.6) is 0 Å². The summed E-state index contributed by atoms with van der Waals surface area (Å²) in [4.78, 5) is 29.8. The van der Waals surface area contributed by atoms with Crippen LogP contribution in [-0.2, 0) is 9.59 Å². The van der Waals surface area contributed by atoms with Crippen LogP contribution in [0.1, 0.15) is 46.0 Å². The van der Waals surface area contributed by atoms with E-state index in [1.807, 2.05) is 18.7 Å². The summed E-state index contributed by atoms with van der Waals surface area (Å²) in [6.07, 6.45) is 5.74. The maximum absolute atomic E-state index is 13.1. The molecule has 2 amide bonds. The number of carbonyl (C=O) groups excluding carboxylic acids is 2. The predicted octanol–water partition coefficient (Wildman–Crippen LogP) is 0.739. The summed E-state index contributed by atoms with van der Waals surface area (Å²) >= 11 is 0. The third-order valence-electron chi connectivity index (χ3n) is 5.90. The number of amides is 2. The van der Waals surface area contributed by atoms with Gasteiger partial charge in [-0.25, -0.2) is 0 Å². The molecule has 5 nitrogen and oxygen atoms in total. The Morgan fingerprint density at radius 3 is 2.43 bits per heavy atom. The highest BCUT2D eigenvalue weighted by Gasteiger charge is 2.56. The van der Waals surface area contributed by atoms with Gasteiger partial charge in [-0.2, -0.15) is 0 Å². The molecule has 4 aliphatic rings. The van der Waals surface area contributed by atoms with E-state index in [4.69, 9.17) is 0 Å². The molecule has 3 unspecified atom stereocenters. The van der Waals surface area contributed by atoms with Gasteiger partial charge in [-0.3, -0.25) is 14.5 Å². The van der Waals surface area contributed by atoms with Gasteiger partial charge in [0.05, 0.1) is 0 Å². The van der Waals surface area contributed by atoms with Crippen LogP contribution in [0.3, 0.4) is 0 Å². The topological polar surface area (TPSA) is 52.7 Å². The van der Waals surface area contributed by atoms with Crippen molar-refractivity contribution in [2.45, 2.75) is 69.6 Å². The molecule has 4 rings (SSSR count). The lowest BCUT2D eigenvalue weighted by atomic mass is 9.88. The van der Waals surface area contributed by atoms with Gasteiger partial charge in [0.25, 0.3) is 0 Å². The Morgan fingerprint density at radius 1 is 1.10 bits per heavy atom. The van der Waals surface area contributed by atoms with Crippen LogP contribution in [0.15, 0.2) is 0 Å². The van der Waals surface area contributed by atoms with Crippen molar-refractivity contribution in [3.63, 3.8) is 0 Å². The molecule has 0 aromatic heterocycles. The van der Waals surface area contributed by atoms with Crippen molar-refractivity contribution in [3.05, 3.63) is 0 Å². The highest BCUT2D eigenvalue weighted by molar-refractivity contribution is 6.00. The average Bonchev–Trinajstić information content (AvgIpc) is 3.35. The molecule has 1 N–H and O–H groups in total. The number of nitrogens with zero attached hydrogens (tertiary/aromatic N) is 2. The predicted molar refractivity (Wildman–Crippen MR) is 78.6 cm³/mol. The third kappa shape index (κ3) is 2.08. The summed E-state index contributed by atoms with van der Waals surface area (Å²) in [5, 5.41) is 3.01. The number of likely N-dealkylation sites (tertiary alicyclic amines) is 1. The van der Waals surface area contributed by atoms with Crippen LogP contribution in [0.2, 0.25) is 0 Å². The molecular weight excluding hydrogens is 266 g/mol. The molecule has 0 aromatic rings. The number of rotatable bonds is 3. The Labute approximate surface area is 126 Å². The van der Waals surface area contributed by atoms with Gasteiger partial charge in [0.1, 0.15) is 11.6 Å². The van der Waals surface area contributed by atoms with E-state index in [1.54, 1.807) is 0 Å². The maximum Gasteiger partial charge on any atom is 0.249 e. The number of hydrogen-bond donors (Lipinski definition) is 1. The first kappa shape index (κ1) is 13.6. The summed E-state index contributed by atoms with van der Waals surface area (Å²) in [6.45, 7) is 5.83. The minimum absolute atomic E-state index is 0.0221. The third-order valence-corrected chi connectivity index (χ3v) is 5.90. The summed E-state index contributed by atoms with van der Waals surface area (Å²) in [7, 11) is 0. The highest BCUT2D eigenvalue weighted by atomic mass is 16.2. The minimum Gasteiger partial charge on any atom is -0.340 e. The zero-order valence-electron chi connectivity index (χ0n) is 13.0. The molecule has 0 radical (unpaired) electrons. The summed E-state index contributed by atoms with van der Waals surface area (Å²) < 4.78 is 0. The fourth-order valence-corrected chi connectivity index (χ4v) is 4.17. The van der Waals surface area contributed by atoms with Crippen molar-refractivity contribution in [1.29, 1.82) is 0 Å². The van der Waals surface area contributed by atoms with Crippen molar-refractivity contribution in [1.82, 2.24) is 15.1 Å². The Hall–Kier alpha value is -1.10. The lowest BCUT2D eigenvalue weighted by molar-refractivity contribution is -0.157. The van der Waals surface area contributed by atoms with E-state index in [-0.39, 0.29) is 23.9 Å². The lowest BCUT2D eigenvalue weighted by Crippen LogP contribution is -2.71. The van der Waals surface area contributed by atoms with Crippen LogP contribution in [0.25, 0.3) is 0 Å². The van der Waals surface area contributed by atoms with E-state index in [9.17, 15) is 9.59 Å². The van der Waals surface area contributed by atoms with Gasteiger partial charge in [0.2, 0.25) is 11.8 Å². The molecule has 2 saturated carbocycles. The number of nitrogens with one attached hydrogen (secondary N) is 1. The van der Waals surface area contributed by atoms with Crippen molar-refractivity contribution >= 4 is 11.8 Å². The van der Waals surface area contributed by atoms with E-state index < -0.39 is 5.54 Å². The molecule has 0 spiro atoms.